The number of nitrogens with zero attached hydrogens (tertiary/aromatic N) is 4. The summed E-state index contributed by atoms with van der Waals surface area (Å²) in [7, 11) is -3.39. The molecule has 5 heterocycles. The van der Waals surface area contributed by atoms with E-state index >= 15 is 4.39 Å². The van der Waals surface area contributed by atoms with Crippen LogP contribution in [0.1, 0.15) is 42.6 Å². The fourth-order valence-electron chi connectivity index (χ4n) is 5.47. The number of carbonyl (C=O) groups is 1. The van der Waals surface area contributed by atoms with E-state index in [2.05, 4.69) is 20.9 Å². The van der Waals surface area contributed by atoms with E-state index in [4.69, 9.17) is 15.6 Å². The Morgan fingerprint density at radius 3 is 2.67 bits per heavy atom. The van der Waals surface area contributed by atoms with Crippen LogP contribution in [0.5, 0.6) is 5.88 Å². The number of carboxylic acids is 1. The van der Waals surface area contributed by atoms with Gasteiger partial charge in [0.05, 0.1) is 23.6 Å². The van der Waals surface area contributed by atoms with Crippen LogP contribution in [-0.2, 0) is 20.3 Å². The fraction of sp³-hybridized carbons (Fsp3) is 0.357. The molecular weight excluding hydrogens is 577 g/mol. The molecule has 1 aromatic carbocycles. The molecule has 2 fully saturated rings. The summed E-state index contributed by atoms with van der Waals surface area (Å²) in [5, 5.41) is 10.5. The second kappa shape index (κ2) is 10.2. The van der Waals surface area contributed by atoms with Crippen LogP contribution in [0.3, 0.4) is 0 Å². The topological polar surface area (TPSA) is 136 Å². The molecule has 2 aliphatic heterocycles. The number of pyridine rings is 1. The Morgan fingerprint density at radius 2 is 1.98 bits per heavy atom. The highest BCUT2D eigenvalue weighted by molar-refractivity contribution is 7.91. The molecule has 0 radical (unpaired) electrons. The number of carboxylic acid groups (broad SMARTS) is 1. The number of hydrogen-bond donors (Lipinski definition) is 1. The average Bonchev–Trinajstić information content (AvgIpc) is 3.56. The number of furan rings is 1. The lowest BCUT2D eigenvalue weighted by atomic mass is 9.90. The van der Waals surface area contributed by atoms with Gasteiger partial charge in [-0.15, -0.1) is 6.42 Å². The van der Waals surface area contributed by atoms with Gasteiger partial charge in [-0.3, -0.25) is 0 Å². The van der Waals surface area contributed by atoms with Crippen molar-refractivity contribution in [1.29, 1.82) is 0 Å². The standard InChI is InChI=1S/C28H23F3N4O6S/c1-2-15-11-18(28(31)7-9-42(38,39)10-8-28)26(32-13-15)40-16-12-19(27(36)37)35(14-16)25-22-21(33-24(34-25)23(29)30)17-5-3-4-6-20(17)41-22/h1,3-6,11,13,16,19,23H,7-10,12,14H2,(H,36,37)/t16-,19-/m0/s1. The lowest BCUT2D eigenvalue weighted by Crippen LogP contribution is -2.37. The molecule has 0 saturated carbocycles. The molecule has 0 aliphatic carbocycles. The van der Waals surface area contributed by atoms with E-state index in [1.165, 1.54) is 17.2 Å². The van der Waals surface area contributed by atoms with Gasteiger partial charge in [0.2, 0.25) is 5.88 Å². The van der Waals surface area contributed by atoms with Gasteiger partial charge in [-0.2, -0.15) is 0 Å². The fourth-order valence-corrected chi connectivity index (χ4v) is 6.94. The Bertz CT molecular complexity index is 1860. The predicted octanol–water partition coefficient (Wildman–Crippen LogP) is 4.17. The molecule has 0 amide bonds. The molecule has 218 valence electrons. The van der Waals surface area contributed by atoms with E-state index < -0.39 is 45.9 Å². The van der Waals surface area contributed by atoms with Gasteiger partial charge in [0.1, 0.15) is 28.9 Å². The first kappa shape index (κ1) is 27.8. The number of aromatic nitrogens is 3. The van der Waals surface area contributed by atoms with Crippen molar-refractivity contribution in [2.75, 3.05) is 23.0 Å². The van der Waals surface area contributed by atoms with Crippen molar-refractivity contribution in [1.82, 2.24) is 15.0 Å². The summed E-state index contributed by atoms with van der Waals surface area (Å²) in [5.41, 5.74) is -1.36. The zero-order valence-electron chi connectivity index (χ0n) is 21.8. The summed E-state index contributed by atoms with van der Waals surface area (Å²) in [6.07, 6.45) is 2.08. The van der Waals surface area contributed by atoms with E-state index in [9.17, 15) is 27.1 Å². The molecule has 3 aromatic heterocycles. The van der Waals surface area contributed by atoms with Gasteiger partial charge in [0.15, 0.2) is 27.1 Å². The van der Waals surface area contributed by atoms with Crippen molar-refractivity contribution in [2.45, 2.75) is 43.5 Å². The van der Waals surface area contributed by atoms with E-state index in [1.54, 1.807) is 24.3 Å². The summed E-state index contributed by atoms with van der Waals surface area (Å²) in [5.74, 6) is -0.707. The first-order valence-electron chi connectivity index (χ1n) is 13.0. The third-order valence-electron chi connectivity index (χ3n) is 7.63. The first-order chi connectivity index (χ1) is 20.0. The van der Waals surface area contributed by atoms with E-state index in [-0.39, 0.29) is 71.2 Å². The van der Waals surface area contributed by atoms with Crippen LogP contribution in [0.25, 0.3) is 22.1 Å². The number of terminal acetylenes is 1. The maximum Gasteiger partial charge on any atom is 0.326 e. The van der Waals surface area contributed by atoms with Gasteiger partial charge >= 0.3 is 5.97 Å². The smallest absolute Gasteiger partial charge is 0.326 e. The lowest BCUT2D eigenvalue weighted by molar-refractivity contribution is -0.138. The Hall–Kier alpha value is -4.38. The molecule has 0 unspecified atom stereocenters. The van der Waals surface area contributed by atoms with Gasteiger partial charge in [0.25, 0.3) is 6.43 Å². The third-order valence-corrected chi connectivity index (χ3v) is 9.28. The number of alkyl halides is 3. The monoisotopic (exact) mass is 600 g/mol. The molecule has 6 rings (SSSR count). The summed E-state index contributed by atoms with van der Waals surface area (Å²) < 4.78 is 79.8. The molecule has 2 saturated heterocycles. The second-order valence-corrected chi connectivity index (χ2v) is 12.6. The molecule has 2 aliphatic rings. The number of benzene rings is 1. The normalized spacial score (nSPS) is 21.5. The maximum absolute atomic E-state index is 16.2. The van der Waals surface area contributed by atoms with Gasteiger partial charge in [-0.05, 0) is 31.0 Å². The largest absolute Gasteiger partial charge is 0.480 e. The number of fused-ring (bicyclic) bond motifs is 3. The highest BCUT2D eigenvalue weighted by Gasteiger charge is 2.44. The molecule has 0 bridgehead atoms. The second-order valence-electron chi connectivity index (χ2n) is 10.3. The summed E-state index contributed by atoms with van der Waals surface area (Å²) in [6, 6.07) is 6.77. The van der Waals surface area contributed by atoms with Crippen molar-refractivity contribution < 1.29 is 40.6 Å². The number of hydrogen-bond acceptors (Lipinski definition) is 9. The molecule has 14 heteroatoms. The number of halogens is 3. The summed E-state index contributed by atoms with van der Waals surface area (Å²) in [4.78, 5) is 25.8. The summed E-state index contributed by atoms with van der Waals surface area (Å²) in [6.45, 7) is -0.144. The van der Waals surface area contributed by atoms with Crippen LogP contribution in [0.15, 0.2) is 40.9 Å². The van der Waals surface area contributed by atoms with E-state index in [0.717, 1.165) is 0 Å². The van der Waals surface area contributed by atoms with Crippen LogP contribution in [0.2, 0.25) is 0 Å². The van der Waals surface area contributed by atoms with Crippen molar-refractivity contribution in [3.8, 4) is 18.2 Å². The minimum atomic E-state index is -3.39. The molecule has 1 N–H and O–H groups in total. The average molecular weight is 601 g/mol. The lowest BCUT2D eigenvalue weighted by Gasteiger charge is -2.31. The maximum atomic E-state index is 16.2. The van der Waals surface area contributed by atoms with Gasteiger partial charge in [0, 0.05) is 23.6 Å². The number of ether oxygens (including phenoxy) is 1. The van der Waals surface area contributed by atoms with Crippen LogP contribution in [0.4, 0.5) is 19.0 Å². The van der Waals surface area contributed by atoms with Crippen LogP contribution >= 0.6 is 0 Å². The van der Waals surface area contributed by atoms with Crippen LogP contribution < -0.4 is 9.64 Å². The highest BCUT2D eigenvalue weighted by Crippen LogP contribution is 2.43. The Kier molecular flexibility index (Phi) is 6.72. The quantitative estimate of drug-likeness (QED) is 0.321. The zero-order valence-corrected chi connectivity index (χ0v) is 22.7. The van der Waals surface area contributed by atoms with Crippen molar-refractivity contribution in [2.24, 2.45) is 0 Å². The number of sulfone groups is 1. The molecule has 4 aromatic rings. The Balaban J connectivity index is 1.38. The highest BCUT2D eigenvalue weighted by atomic mass is 32.2. The third kappa shape index (κ3) is 4.87. The number of aliphatic carboxylic acids is 1. The minimum absolute atomic E-state index is 0.0279. The number of rotatable bonds is 6. The molecule has 0 spiro atoms. The van der Waals surface area contributed by atoms with Crippen LogP contribution in [0, 0.1) is 12.3 Å². The Labute approximate surface area is 237 Å². The number of para-hydroxylation sites is 1. The van der Waals surface area contributed by atoms with Gasteiger partial charge in [-0.1, -0.05) is 18.1 Å². The molecule has 2 atom stereocenters. The Morgan fingerprint density at radius 1 is 1.24 bits per heavy atom. The van der Waals surface area contributed by atoms with Crippen molar-refractivity contribution >= 4 is 43.7 Å². The van der Waals surface area contributed by atoms with Crippen LogP contribution in [-0.4, -0.2) is 64.6 Å². The number of anilines is 1. The zero-order chi connectivity index (χ0) is 29.8. The van der Waals surface area contributed by atoms with Crippen molar-refractivity contribution in [3.63, 3.8) is 0 Å². The van der Waals surface area contributed by atoms with Gasteiger partial charge < -0.3 is 19.2 Å². The summed E-state index contributed by atoms with van der Waals surface area (Å²) >= 11 is 0. The van der Waals surface area contributed by atoms with E-state index in [1.807, 2.05) is 0 Å². The minimum Gasteiger partial charge on any atom is -0.480 e. The predicted molar refractivity (Wildman–Crippen MR) is 145 cm³/mol. The van der Waals surface area contributed by atoms with Gasteiger partial charge in [-0.25, -0.2) is 41.3 Å². The SMILES string of the molecule is C#Cc1cnc(O[C@H]2C[C@@H](C(=O)O)N(c3nc(C(F)F)nc4c3oc3ccccc34)C2)c(C2(F)CCS(=O)(=O)CC2)c1. The molecule has 10 nitrogen and oxygen atoms in total. The molecule has 42 heavy (non-hydrogen) atoms. The van der Waals surface area contributed by atoms with E-state index in [0.29, 0.717) is 11.0 Å². The van der Waals surface area contributed by atoms with Crippen molar-refractivity contribution in [3.05, 3.63) is 53.5 Å². The molecular formula is C28H23F3N4O6S. The first-order valence-corrected chi connectivity index (χ1v) is 14.8.